The third-order valence-electron chi connectivity index (χ3n) is 3.16. The average Bonchev–Trinajstić information content (AvgIpc) is 2.44. The standard InChI is InChI=1S/C17H23N2O.ClH/c1-19(2,18)13-14-20-17(15-9-5-3-6-10-15)16-11-7-4-8-12-16;/h3-12,17H,13-14,18H2,1-2H3;1H/q+1;/p-1. The van der Waals surface area contributed by atoms with Crippen molar-refractivity contribution in [3.8, 4) is 0 Å². The van der Waals surface area contributed by atoms with Gasteiger partial charge in [-0.25, -0.2) is 0 Å². The number of halogens is 1. The van der Waals surface area contributed by atoms with Crippen LogP contribution in [0.5, 0.6) is 0 Å². The molecule has 2 N–H and O–H groups in total. The van der Waals surface area contributed by atoms with Crippen LogP contribution in [0.3, 0.4) is 0 Å². The molecule has 0 spiro atoms. The predicted octanol–water partition coefficient (Wildman–Crippen LogP) is -0.253. The molecule has 3 nitrogen and oxygen atoms in total. The van der Waals surface area contributed by atoms with Crippen molar-refractivity contribution < 1.29 is 21.7 Å². The Labute approximate surface area is 133 Å². The molecule has 0 bridgehead atoms. The van der Waals surface area contributed by atoms with Gasteiger partial charge in [0.1, 0.15) is 12.6 Å². The van der Waals surface area contributed by atoms with Crippen molar-refractivity contribution in [1.29, 1.82) is 0 Å². The summed E-state index contributed by atoms with van der Waals surface area (Å²) in [6, 6.07) is 20.6. The maximum absolute atomic E-state index is 6.09. The zero-order valence-corrected chi connectivity index (χ0v) is 13.3. The number of benzene rings is 2. The van der Waals surface area contributed by atoms with Gasteiger partial charge in [-0.2, -0.15) is 5.84 Å². The second-order valence-corrected chi connectivity index (χ2v) is 5.57. The van der Waals surface area contributed by atoms with E-state index in [1.165, 1.54) is 11.1 Å². The van der Waals surface area contributed by atoms with Gasteiger partial charge in [-0.15, -0.1) is 0 Å². The average molecular weight is 307 g/mol. The molecule has 2 aromatic carbocycles. The molecule has 0 aliphatic carbocycles. The summed E-state index contributed by atoms with van der Waals surface area (Å²) in [4.78, 5) is 0. The molecule has 114 valence electrons. The highest BCUT2D eigenvalue weighted by Crippen LogP contribution is 2.25. The normalized spacial score (nSPS) is 11.2. The smallest absolute Gasteiger partial charge is 0.119 e. The number of nitrogens with two attached hydrogens (primary N) is 1. The van der Waals surface area contributed by atoms with Gasteiger partial charge in [0.15, 0.2) is 0 Å². The number of likely N-dealkylation sites (N-methyl/N-ethyl adjacent to an activating group) is 1. The van der Waals surface area contributed by atoms with Crippen LogP contribution in [0.4, 0.5) is 0 Å². The van der Waals surface area contributed by atoms with E-state index in [4.69, 9.17) is 10.6 Å². The Kier molecular flexibility index (Phi) is 6.85. The van der Waals surface area contributed by atoms with Crippen LogP contribution in [0.2, 0.25) is 0 Å². The zero-order chi connectivity index (χ0) is 14.4. The molecule has 0 saturated heterocycles. The first-order valence-corrected chi connectivity index (χ1v) is 6.89. The quantitative estimate of drug-likeness (QED) is 0.454. The number of quaternary nitrogens is 1. The maximum atomic E-state index is 6.09. The van der Waals surface area contributed by atoms with Crippen molar-refractivity contribution in [1.82, 2.24) is 0 Å². The molecule has 21 heavy (non-hydrogen) atoms. The summed E-state index contributed by atoms with van der Waals surface area (Å²) in [6.45, 7) is 1.40. The Morgan fingerprint density at radius 1 is 0.905 bits per heavy atom. The maximum Gasteiger partial charge on any atom is 0.119 e. The fourth-order valence-electron chi connectivity index (χ4n) is 2.05. The van der Waals surface area contributed by atoms with Crippen molar-refractivity contribution in [2.24, 2.45) is 5.84 Å². The van der Waals surface area contributed by atoms with Crippen LogP contribution in [-0.4, -0.2) is 31.8 Å². The van der Waals surface area contributed by atoms with Gasteiger partial charge in [0.05, 0.1) is 20.7 Å². The van der Waals surface area contributed by atoms with Crippen LogP contribution in [0, 0.1) is 0 Å². The number of rotatable bonds is 6. The van der Waals surface area contributed by atoms with Gasteiger partial charge in [-0.05, 0) is 11.1 Å². The second-order valence-electron chi connectivity index (χ2n) is 5.57. The second kappa shape index (κ2) is 8.15. The van der Waals surface area contributed by atoms with Crippen LogP contribution in [0.25, 0.3) is 0 Å². The Bertz CT molecular complexity index is 472. The van der Waals surface area contributed by atoms with Crippen LogP contribution in [0.15, 0.2) is 60.7 Å². The molecular formula is C17H23ClN2O. The molecular weight excluding hydrogens is 284 g/mol. The van der Waals surface area contributed by atoms with Gasteiger partial charge in [-0.1, -0.05) is 60.7 Å². The number of ether oxygens (including phenoxy) is 1. The first-order chi connectivity index (χ1) is 9.56. The number of hydrogen-bond acceptors (Lipinski definition) is 2. The summed E-state index contributed by atoms with van der Waals surface area (Å²) >= 11 is 0. The molecule has 0 saturated carbocycles. The van der Waals surface area contributed by atoms with Crippen LogP contribution >= 0.6 is 0 Å². The van der Waals surface area contributed by atoms with Crippen molar-refractivity contribution in [2.45, 2.75) is 6.10 Å². The minimum atomic E-state index is -0.0380. The molecule has 0 heterocycles. The lowest BCUT2D eigenvalue weighted by atomic mass is 10.0. The zero-order valence-electron chi connectivity index (χ0n) is 12.6. The molecule has 0 atom stereocenters. The van der Waals surface area contributed by atoms with E-state index in [-0.39, 0.29) is 18.5 Å². The Morgan fingerprint density at radius 2 is 1.33 bits per heavy atom. The third-order valence-corrected chi connectivity index (χ3v) is 3.16. The van der Waals surface area contributed by atoms with E-state index < -0.39 is 0 Å². The first kappa shape index (κ1) is 17.7. The van der Waals surface area contributed by atoms with Crippen LogP contribution < -0.4 is 18.2 Å². The summed E-state index contributed by atoms with van der Waals surface area (Å²) in [7, 11) is 3.92. The highest BCUT2D eigenvalue weighted by molar-refractivity contribution is 5.29. The lowest BCUT2D eigenvalue weighted by molar-refractivity contribution is -0.902. The van der Waals surface area contributed by atoms with E-state index in [9.17, 15) is 0 Å². The van der Waals surface area contributed by atoms with Crippen molar-refractivity contribution in [3.63, 3.8) is 0 Å². The Balaban J connectivity index is 0.00000220. The summed E-state index contributed by atoms with van der Waals surface area (Å²) in [5.74, 6) is 5.96. The first-order valence-electron chi connectivity index (χ1n) is 6.89. The fourth-order valence-corrected chi connectivity index (χ4v) is 2.05. The summed E-state index contributed by atoms with van der Waals surface area (Å²) in [5.41, 5.74) is 2.34. The molecule has 0 fully saturated rings. The summed E-state index contributed by atoms with van der Waals surface area (Å²) in [6.07, 6.45) is -0.0380. The molecule has 4 heteroatoms. The molecule has 2 rings (SSSR count). The Morgan fingerprint density at radius 3 is 1.71 bits per heavy atom. The van der Waals surface area contributed by atoms with Crippen molar-refractivity contribution >= 4 is 0 Å². The molecule has 0 unspecified atom stereocenters. The van der Waals surface area contributed by atoms with E-state index in [0.29, 0.717) is 11.2 Å². The molecule has 0 aliphatic heterocycles. The van der Waals surface area contributed by atoms with Gasteiger partial charge >= 0.3 is 0 Å². The van der Waals surface area contributed by atoms with E-state index >= 15 is 0 Å². The topological polar surface area (TPSA) is 35.2 Å². The summed E-state index contributed by atoms with van der Waals surface area (Å²) in [5, 5.41) is 0. The fraction of sp³-hybridized carbons (Fsp3) is 0.294. The molecule has 0 amide bonds. The van der Waals surface area contributed by atoms with Crippen LogP contribution in [-0.2, 0) is 4.74 Å². The molecule has 0 radical (unpaired) electrons. The van der Waals surface area contributed by atoms with Crippen molar-refractivity contribution in [3.05, 3.63) is 71.8 Å². The van der Waals surface area contributed by atoms with E-state index in [1.54, 1.807) is 0 Å². The van der Waals surface area contributed by atoms with E-state index in [0.717, 1.165) is 6.54 Å². The van der Waals surface area contributed by atoms with Gasteiger partial charge in [0.25, 0.3) is 0 Å². The largest absolute Gasteiger partial charge is 1.00 e. The number of hydrogen-bond donors (Lipinski definition) is 1. The lowest BCUT2D eigenvalue weighted by Gasteiger charge is -2.24. The molecule has 0 aromatic heterocycles. The van der Waals surface area contributed by atoms with Gasteiger partial charge in [0, 0.05) is 0 Å². The summed E-state index contributed by atoms with van der Waals surface area (Å²) < 4.78 is 6.51. The SMILES string of the molecule is C[N+](C)(N)CCOC(c1ccccc1)c1ccccc1.[Cl-]. The minimum absolute atomic E-state index is 0. The van der Waals surface area contributed by atoms with E-state index in [2.05, 4.69) is 24.3 Å². The van der Waals surface area contributed by atoms with Crippen molar-refractivity contribution in [2.75, 3.05) is 27.2 Å². The highest BCUT2D eigenvalue weighted by Gasteiger charge is 2.16. The molecule has 2 aromatic rings. The number of nitrogens with zero attached hydrogens (tertiary/aromatic N) is 1. The predicted molar refractivity (Wildman–Crippen MR) is 81.8 cm³/mol. The monoisotopic (exact) mass is 306 g/mol. The van der Waals surface area contributed by atoms with Crippen LogP contribution in [0.1, 0.15) is 17.2 Å². The highest BCUT2D eigenvalue weighted by atomic mass is 35.5. The Hall–Kier alpha value is -1.39. The third kappa shape index (κ3) is 5.86. The van der Waals surface area contributed by atoms with Gasteiger partial charge in [-0.3, -0.25) is 4.59 Å². The van der Waals surface area contributed by atoms with E-state index in [1.807, 2.05) is 50.5 Å². The lowest BCUT2D eigenvalue weighted by Crippen LogP contribution is -3.00. The minimum Gasteiger partial charge on any atom is -1.00 e. The van der Waals surface area contributed by atoms with Gasteiger partial charge in [0.2, 0.25) is 0 Å². The molecule has 0 aliphatic rings. The van der Waals surface area contributed by atoms with Gasteiger partial charge < -0.3 is 17.1 Å².